The van der Waals surface area contributed by atoms with E-state index < -0.39 is 63.2 Å². The van der Waals surface area contributed by atoms with Gasteiger partial charge in [-0.25, -0.2) is 9.59 Å². The van der Waals surface area contributed by atoms with Gasteiger partial charge in [0.1, 0.15) is 23.7 Å². The van der Waals surface area contributed by atoms with Crippen molar-refractivity contribution >= 4 is 34.1 Å². The molecule has 43 heavy (non-hydrogen) atoms. The quantitative estimate of drug-likeness (QED) is 0.390. The summed E-state index contributed by atoms with van der Waals surface area (Å²) in [5.74, 6) is -2.28. The van der Waals surface area contributed by atoms with E-state index in [1.807, 2.05) is 32.9 Å². The first-order valence-corrected chi connectivity index (χ1v) is 16.8. The predicted molar refractivity (Wildman–Crippen MR) is 158 cm³/mol. The molecule has 4 rings (SSSR count). The summed E-state index contributed by atoms with van der Waals surface area (Å²) in [5.41, 5.74) is -1.95. The third kappa shape index (κ3) is 7.51. The maximum Gasteiger partial charge on any atom is 0.408 e. The lowest BCUT2D eigenvalue weighted by atomic mass is 9.89. The number of allylic oxidation sites excluding steroid dienone is 1. The van der Waals surface area contributed by atoms with E-state index in [-0.39, 0.29) is 12.5 Å². The summed E-state index contributed by atoms with van der Waals surface area (Å²) in [6.45, 7) is 6.62. The summed E-state index contributed by atoms with van der Waals surface area (Å²) >= 11 is 0. The van der Waals surface area contributed by atoms with Crippen LogP contribution in [-0.4, -0.2) is 108 Å². The molecule has 1 aliphatic carbocycles. The Kier molecular flexibility index (Phi) is 10.1. The van der Waals surface area contributed by atoms with Gasteiger partial charge < -0.3 is 25.4 Å². The Morgan fingerprint density at radius 1 is 1.12 bits per heavy atom. The number of carbonyl (C=O) groups excluding carboxylic acids is 3. The average molecular weight is 626 g/mol. The lowest BCUT2D eigenvalue weighted by Crippen LogP contribution is -2.57. The van der Waals surface area contributed by atoms with Crippen molar-refractivity contribution in [1.82, 2.24) is 24.1 Å². The lowest BCUT2D eigenvalue weighted by molar-refractivity contribution is -0.145. The molecule has 242 valence electrons. The molecule has 2 saturated heterocycles. The Balaban J connectivity index is 1.49. The summed E-state index contributed by atoms with van der Waals surface area (Å²) in [6.07, 6.45) is 7.51. The molecule has 2 unspecified atom stereocenters. The van der Waals surface area contributed by atoms with Crippen LogP contribution in [0.1, 0.15) is 78.6 Å². The second kappa shape index (κ2) is 13.1. The number of carbonyl (C=O) groups is 4. The molecular weight excluding hydrogens is 578 g/mol. The number of rotatable bonds is 5. The molecule has 5 atom stereocenters. The highest BCUT2D eigenvalue weighted by Gasteiger charge is 2.61. The van der Waals surface area contributed by atoms with Crippen molar-refractivity contribution in [2.75, 3.05) is 33.2 Å². The van der Waals surface area contributed by atoms with E-state index in [0.717, 1.165) is 19.3 Å². The summed E-state index contributed by atoms with van der Waals surface area (Å²) in [6, 6.07) is -1.78. The van der Waals surface area contributed by atoms with Gasteiger partial charge >= 0.3 is 12.1 Å². The van der Waals surface area contributed by atoms with E-state index in [0.29, 0.717) is 58.2 Å². The van der Waals surface area contributed by atoms with Crippen molar-refractivity contribution in [2.45, 2.75) is 102 Å². The number of aliphatic carboxylic acids is 1. The van der Waals surface area contributed by atoms with E-state index >= 15 is 0 Å². The Labute approximate surface area is 254 Å². The number of hydrogen-bond donors (Lipinski definition) is 3. The molecule has 14 heteroatoms. The Morgan fingerprint density at radius 2 is 1.86 bits per heavy atom. The van der Waals surface area contributed by atoms with Gasteiger partial charge in [0.2, 0.25) is 11.8 Å². The van der Waals surface area contributed by atoms with Crippen LogP contribution in [-0.2, 0) is 29.3 Å². The SMILES string of the molecule is CN1CCCN(CC(OC(=O)N[C@H]2CCCCC/C=C\C3C[C@@]3(C(=O)O)NC(=O)[C@@H]3CCCN3C2=O)C(C)(C)C)S1(=O)=O. The molecule has 4 aliphatic rings. The lowest BCUT2D eigenvalue weighted by Gasteiger charge is -2.38. The van der Waals surface area contributed by atoms with Crippen molar-refractivity contribution in [2.24, 2.45) is 11.3 Å². The molecule has 1 saturated carbocycles. The van der Waals surface area contributed by atoms with Crippen molar-refractivity contribution in [3.8, 4) is 0 Å². The van der Waals surface area contributed by atoms with Crippen LogP contribution in [0.5, 0.6) is 0 Å². The van der Waals surface area contributed by atoms with Crippen LogP contribution in [0, 0.1) is 11.3 Å². The van der Waals surface area contributed by atoms with E-state index in [1.54, 1.807) is 0 Å². The van der Waals surface area contributed by atoms with Crippen LogP contribution in [0.15, 0.2) is 12.2 Å². The normalized spacial score (nSPS) is 32.3. The van der Waals surface area contributed by atoms with Crippen LogP contribution in [0.4, 0.5) is 4.79 Å². The van der Waals surface area contributed by atoms with Crippen LogP contribution >= 0.6 is 0 Å². The van der Waals surface area contributed by atoms with Gasteiger partial charge in [-0.05, 0) is 44.9 Å². The van der Waals surface area contributed by atoms with Gasteiger partial charge in [-0.2, -0.15) is 17.0 Å². The van der Waals surface area contributed by atoms with Gasteiger partial charge in [0.15, 0.2) is 0 Å². The average Bonchev–Trinajstić information content (AvgIpc) is 3.38. The topological polar surface area (TPSA) is 166 Å². The third-order valence-corrected chi connectivity index (χ3v) is 11.0. The minimum Gasteiger partial charge on any atom is -0.479 e. The van der Waals surface area contributed by atoms with E-state index in [9.17, 15) is 32.7 Å². The highest BCUT2D eigenvalue weighted by atomic mass is 32.2. The molecule has 3 heterocycles. The standard InChI is InChI=1S/C29H47N5O8S/c1-28(2,3)23(19-33-16-11-15-32(4)43(33,40)41)42-27(39)30-21-13-9-7-5-6-8-12-20-18-29(20,26(37)38)31-24(35)22-14-10-17-34(22)25(21)36/h8,12,20-23H,5-7,9-11,13-19H2,1-4H3,(H,30,39)(H,31,35)(H,37,38)/b12-8-/t20?,21-,22-,23?,29+/m0/s1. The smallest absolute Gasteiger partial charge is 0.408 e. The molecule has 13 nitrogen and oxygen atoms in total. The largest absolute Gasteiger partial charge is 0.479 e. The molecule has 0 radical (unpaired) electrons. The van der Waals surface area contributed by atoms with E-state index in [1.165, 1.54) is 20.6 Å². The van der Waals surface area contributed by atoms with Crippen molar-refractivity contribution in [3.63, 3.8) is 0 Å². The summed E-state index contributed by atoms with van der Waals surface area (Å²) < 4.78 is 34.1. The van der Waals surface area contributed by atoms with Crippen LogP contribution in [0.25, 0.3) is 0 Å². The first-order chi connectivity index (χ1) is 20.2. The highest BCUT2D eigenvalue weighted by Crippen LogP contribution is 2.45. The van der Waals surface area contributed by atoms with E-state index in [2.05, 4.69) is 10.6 Å². The number of nitrogens with one attached hydrogen (secondary N) is 2. The number of ether oxygens (including phenoxy) is 1. The first kappa shape index (κ1) is 33.2. The molecule has 0 aromatic heterocycles. The maximum atomic E-state index is 13.8. The molecule has 3 fully saturated rings. The molecule has 0 spiro atoms. The molecule has 0 aromatic carbocycles. The molecule has 3 amide bonds. The van der Waals surface area contributed by atoms with E-state index in [4.69, 9.17) is 4.74 Å². The number of hydrogen-bond acceptors (Lipinski definition) is 7. The summed E-state index contributed by atoms with van der Waals surface area (Å²) in [7, 11) is -2.15. The third-order valence-electron chi connectivity index (χ3n) is 9.09. The van der Waals surface area contributed by atoms with Crippen LogP contribution in [0.3, 0.4) is 0 Å². The van der Waals surface area contributed by atoms with Gasteiger partial charge in [-0.3, -0.25) is 9.59 Å². The zero-order valence-electron chi connectivity index (χ0n) is 25.7. The fraction of sp³-hybridized carbons (Fsp3) is 0.793. The first-order valence-electron chi connectivity index (χ1n) is 15.4. The number of carboxylic acids is 1. The minimum atomic E-state index is -3.67. The summed E-state index contributed by atoms with van der Waals surface area (Å²) in [4.78, 5) is 54.0. The van der Waals surface area contributed by atoms with Crippen molar-refractivity contribution < 1.29 is 37.4 Å². The van der Waals surface area contributed by atoms with Gasteiger partial charge in [-0.15, -0.1) is 0 Å². The zero-order chi connectivity index (χ0) is 31.6. The Bertz CT molecular complexity index is 1220. The fourth-order valence-corrected chi connectivity index (χ4v) is 7.57. The number of nitrogens with zero attached hydrogens (tertiary/aromatic N) is 3. The van der Waals surface area contributed by atoms with Gasteiger partial charge in [-0.1, -0.05) is 45.8 Å². The van der Waals surface area contributed by atoms with Crippen molar-refractivity contribution in [1.29, 1.82) is 0 Å². The van der Waals surface area contributed by atoms with Crippen LogP contribution < -0.4 is 10.6 Å². The highest BCUT2D eigenvalue weighted by molar-refractivity contribution is 7.86. The fourth-order valence-electron chi connectivity index (χ4n) is 6.14. The van der Waals surface area contributed by atoms with Crippen molar-refractivity contribution in [3.05, 3.63) is 12.2 Å². The summed E-state index contributed by atoms with van der Waals surface area (Å²) in [5, 5.41) is 15.3. The zero-order valence-corrected chi connectivity index (χ0v) is 26.5. The monoisotopic (exact) mass is 625 g/mol. The number of amides is 3. The number of carboxylic acid groups (broad SMARTS) is 1. The maximum absolute atomic E-state index is 13.8. The minimum absolute atomic E-state index is 0.0174. The second-order valence-electron chi connectivity index (χ2n) is 13.3. The number of alkyl carbamates (subject to hydrolysis) is 1. The van der Waals surface area contributed by atoms with Crippen LogP contribution in [0.2, 0.25) is 0 Å². The van der Waals surface area contributed by atoms with Gasteiger partial charge in [0.05, 0.1) is 6.54 Å². The van der Waals surface area contributed by atoms with Gasteiger partial charge in [0, 0.05) is 38.0 Å². The second-order valence-corrected chi connectivity index (χ2v) is 15.4. The predicted octanol–water partition coefficient (Wildman–Crippen LogP) is 1.85. The number of fused-ring (bicyclic) bond motifs is 2. The Hall–Kier alpha value is -2.71. The molecule has 3 aliphatic heterocycles. The Morgan fingerprint density at radius 3 is 2.56 bits per heavy atom. The molecule has 3 N–H and O–H groups in total. The van der Waals surface area contributed by atoms with Gasteiger partial charge in [0.25, 0.3) is 10.2 Å². The molecule has 0 aromatic rings. The molecular formula is C29H47N5O8S. The molecule has 0 bridgehead atoms.